The van der Waals surface area contributed by atoms with Gasteiger partial charge in [0, 0.05) is 17.0 Å². The molecule has 2 rings (SSSR count). The lowest BCUT2D eigenvalue weighted by Gasteiger charge is -2.07. The van der Waals surface area contributed by atoms with Gasteiger partial charge in [-0.1, -0.05) is 29.8 Å². The lowest BCUT2D eigenvalue weighted by molar-refractivity contribution is 0.585. The molecule has 100 valence electrons. The Morgan fingerprint density at radius 3 is 2.74 bits per heavy atom. The van der Waals surface area contributed by atoms with Crippen LogP contribution in [0.25, 0.3) is 10.9 Å². The van der Waals surface area contributed by atoms with Gasteiger partial charge < -0.3 is 0 Å². The molecule has 2 aromatic rings. The first-order valence-corrected chi connectivity index (χ1v) is 7.52. The topological polar surface area (TPSA) is 59.1 Å². The Morgan fingerprint density at radius 2 is 2.05 bits per heavy atom. The van der Waals surface area contributed by atoms with E-state index in [2.05, 4.69) is 16.3 Å². The van der Waals surface area contributed by atoms with E-state index in [0.29, 0.717) is 16.1 Å². The van der Waals surface area contributed by atoms with Crippen molar-refractivity contribution in [2.75, 3.05) is 6.54 Å². The van der Waals surface area contributed by atoms with E-state index in [1.807, 2.05) is 0 Å². The molecule has 0 saturated heterocycles. The molecule has 0 saturated carbocycles. The van der Waals surface area contributed by atoms with Gasteiger partial charge in [-0.3, -0.25) is 0 Å². The van der Waals surface area contributed by atoms with Crippen molar-refractivity contribution in [3.63, 3.8) is 0 Å². The first-order valence-electron chi connectivity index (χ1n) is 5.28. The van der Waals surface area contributed by atoms with E-state index in [4.69, 9.17) is 23.2 Å². The summed E-state index contributed by atoms with van der Waals surface area (Å²) >= 11 is 11.3. The zero-order valence-corrected chi connectivity index (χ0v) is 12.1. The Balaban J connectivity index is 2.40. The molecule has 19 heavy (non-hydrogen) atoms. The van der Waals surface area contributed by atoms with Crippen LogP contribution in [0.3, 0.4) is 0 Å². The Hall–Kier alpha value is -1.14. The third-order valence-electron chi connectivity index (χ3n) is 2.39. The van der Waals surface area contributed by atoms with Gasteiger partial charge in [0.2, 0.25) is 10.0 Å². The number of hydrogen-bond acceptors (Lipinski definition) is 3. The van der Waals surface area contributed by atoms with Crippen LogP contribution in [0.4, 0.5) is 0 Å². The van der Waals surface area contributed by atoms with Gasteiger partial charge in [0.1, 0.15) is 5.15 Å². The van der Waals surface area contributed by atoms with Crippen molar-refractivity contribution in [1.82, 2.24) is 9.71 Å². The Bertz CT molecular complexity index is 744. The van der Waals surface area contributed by atoms with E-state index in [-0.39, 0.29) is 16.5 Å². The molecule has 1 aromatic carbocycles. The summed E-state index contributed by atoms with van der Waals surface area (Å²) < 4.78 is 26.3. The normalized spacial score (nSPS) is 11.7. The molecule has 4 nitrogen and oxygen atoms in total. The maximum atomic E-state index is 12.0. The van der Waals surface area contributed by atoms with Crippen molar-refractivity contribution in [2.24, 2.45) is 0 Å². The molecular formula is C12H10Cl2N2O2S. The van der Waals surface area contributed by atoms with Crippen LogP contribution in [0.1, 0.15) is 0 Å². The molecule has 0 atom stereocenters. The Kier molecular flexibility index (Phi) is 4.10. The lowest BCUT2D eigenvalue weighted by Crippen LogP contribution is -2.24. The van der Waals surface area contributed by atoms with Gasteiger partial charge in [0.05, 0.1) is 10.4 Å². The van der Waals surface area contributed by atoms with Crippen molar-refractivity contribution in [1.29, 1.82) is 0 Å². The average molecular weight is 317 g/mol. The van der Waals surface area contributed by atoms with Gasteiger partial charge in [-0.25, -0.2) is 18.1 Å². The summed E-state index contributed by atoms with van der Waals surface area (Å²) in [6, 6.07) is 7.91. The molecule has 0 fully saturated rings. The van der Waals surface area contributed by atoms with E-state index in [9.17, 15) is 8.42 Å². The van der Waals surface area contributed by atoms with E-state index in [1.54, 1.807) is 18.2 Å². The zero-order valence-electron chi connectivity index (χ0n) is 9.73. The fraction of sp³-hybridized carbons (Fsp3) is 0.0833. The van der Waals surface area contributed by atoms with Gasteiger partial charge in [-0.2, -0.15) is 0 Å². The van der Waals surface area contributed by atoms with Crippen molar-refractivity contribution < 1.29 is 8.42 Å². The number of sulfonamides is 1. The van der Waals surface area contributed by atoms with E-state index in [0.717, 1.165) is 0 Å². The molecule has 0 amide bonds. The van der Waals surface area contributed by atoms with Gasteiger partial charge in [-0.15, -0.1) is 0 Å². The minimum Gasteiger partial charge on any atom is -0.236 e. The van der Waals surface area contributed by atoms with E-state index in [1.165, 1.54) is 12.1 Å². The molecule has 0 bridgehead atoms. The number of nitrogens with one attached hydrogen (secondary N) is 1. The number of benzene rings is 1. The highest BCUT2D eigenvalue weighted by atomic mass is 35.5. The highest BCUT2D eigenvalue weighted by molar-refractivity contribution is 7.89. The fourth-order valence-electron chi connectivity index (χ4n) is 1.50. The number of fused-ring (bicyclic) bond motifs is 1. The van der Waals surface area contributed by atoms with Crippen LogP contribution in [0.15, 0.2) is 46.8 Å². The summed E-state index contributed by atoms with van der Waals surface area (Å²) in [6.07, 6.45) is 0. The second-order valence-electron chi connectivity index (χ2n) is 3.83. The maximum absolute atomic E-state index is 12.0. The van der Waals surface area contributed by atoms with Gasteiger partial charge in [0.25, 0.3) is 0 Å². The molecule has 1 aromatic heterocycles. The smallest absolute Gasteiger partial charge is 0.236 e. The van der Waals surface area contributed by atoms with Gasteiger partial charge >= 0.3 is 0 Å². The molecule has 1 N–H and O–H groups in total. The molecule has 7 heteroatoms. The highest BCUT2D eigenvalue weighted by Gasteiger charge is 2.14. The molecule has 0 radical (unpaired) electrons. The van der Waals surface area contributed by atoms with Crippen LogP contribution in [-0.2, 0) is 10.0 Å². The fourth-order valence-corrected chi connectivity index (χ4v) is 2.86. The quantitative estimate of drug-likeness (QED) is 0.882. The summed E-state index contributed by atoms with van der Waals surface area (Å²) in [5, 5.41) is 1.27. The second-order valence-corrected chi connectivity index (χ2v) is 6.52. The highest BCUT2D eigenvalue weighted by Crippen LogP contribution is 2.19. The first-order chi connectivity index (χ1) is 8.88. The number of rotatable bonds is 4. The van der Waals surface area contributed by atoms with Crippen LogP contribution in [0.5, 0.6) is 0 Å². The number of aromatic nitrogens is 1. The zero-order chi connectivity index (χ0) is 14.0. The number of pyridine rings is 1. The summed E-state index contributed by atoms with van der Waals surface area (Å²) in [5.41, 5.74) is 0.633. The predicted octanol–water partition coefficient (Wildman–Crippen LogP) is 2.92. The van der Waals surface area contributed by atoms with Crippen molar-refractivity contribution in [3.8, 4) is 0 Å². The molecule has 1 heterocycles. The third kappa shape index (κ3) is 3.45. The van der Waals surface area contributed by atoms with Gasteiger partial charge in [-0.05, 0) is 30.3 Å². The maximum Gasteiger partial charge on any atom is 0.240 e. The third-order valence-corrected chi connectivity index (χ3v) is 4.13. The summed E-state index contributed by atoms with van der Waals surface area (Å²) in [6.45, 7) is 3.41. The monoisotopic (exact) mass is 316 g/mol. The minimum absolute atomic E-state index is 0.0131. The number of nitrogens with zero attached hydrogens (tertiary/aromatic N) is 1. The first kappa shape index (κ1) is 14.3. The SMILES string of the molecule is C=C(Cl)CNS(=O)(=O)c1ccc2nc(Cl)ccc2c1. The minimum atomic E-state index is -3.61. The van der Waals surface area contributed by atoms with Crippen molar-refractivity contribution >= 4 is 44.1 Å². The molecule has 0 unspecified atom stereocenters. The Morgan fingerprint density at radius 1 is 1.32 bits per heavy atom. The largest absolute Gasteiger partial charge is 0.240 e. The summed E-state index contributed by atoms with van der Waals surface area (Å²) in [7, 11) is -3.61. The standard InChI is InChI=1S/C12H10Cl2N2O2S/c1-8(13)7-15-19(17,18)10-3-4-11-9(6-10)2-5-12(14)16-11/h2-6,15H,1,7H2. The molecule has 0 aliphatic heterocycles. The lowest BCUT2D eigenvalue weighted by atomic mass is 10.2. The van der Waals surface area contributed by atoms with Crippen LogP contribution in [0.2, 0.25) is 5.15 Å². The van der Waals surface area contributed by atoms with Crippen molar-refractivity contribution in [2.45, 2.75) is 4.90 Å². The van der Waals surface area contributed by atoms with Crippen molar-refractivity contribution in [3.05, 3.63) is 47.1 Å². The van der Waals surface area contributed by atoms with Crippen LogP contribution >= 0.6 is 23.2 Å². The molecule has 0 aliphatic rings. The average Bonchev–Trinajstić information content (AvgIpc) is 2.36. The van der Waals surface area contributed by atoms with E-state index < -0.39 is 10.0 Å². The van der Waals surface area contributed by atoms with Gasteiger partial charge in [0.15, 0.2) is 0 Å². The Labute approximate surface area is 121 Å². The molecule has 0 aliphatic carbocycles. The van der Waals surface area contributed by atoms with E-state index >= 15 is 0 Å². The van der Waals surface area contributed by atoms with Crippen LogP contribution < -0.4 is 4.72 Å². The predicted molar refractivity (Wildman–Crippen MR) is 76.9 cm³/mol. The summed E-state index contributed by atoms with van der Waals surface area (Å²) in [4.78, 5) is 4.23. The molecular weight excluding hydrogens is 307 g/mol. The second kappa shape index (κ2) is 5.46. The van der Waals surface area contributed by atoms with Crippen LogP contribution in [-0.4, -0.2) is 19.9 Å². The van der Waals surface area contributed by atoms with Crippen LogP contribution in [0, 0.1) is 0 Å². The summed E-state index contributed by atoms with van der Waals surface area (Å²) in [5.74, 6) is 0. The molecule has 0 spiro atoms. The number of halogens is 2. The number of hydrogen-bond donors (Lipinski definition) is 1.